The minimum atomic E-state index is -1.03. The van der Waals surface area contributed by atoms with E-state index < -0.39 is 5.97 Å². The molecule has 5 nitrogen and oxygen atoms in total. The monoisotopic (exact) mass is 319 g/mol. The first-order valence-corrected chi connectivity index (χ1v) is 6.96. The van der Waals surface area contributed by atoms with Crippen molar-refractivity contribution >= 4 is 34.9 Å². The third-order valence-corrected chi connectivity index (χ3v) is 3.22. The SMILES string of the molecule is CCOC(=O)c1ccc(Nc2cc(C(=O)O)ccc2Cl)cc1. The van der Waals surface area contributed by atoms with Gasteiger partial charge in [-0.1, -0.05) is 11.6 Å². The molecule has 0 atom stereocenters. The van der Waals surface area contributed by atoms with Gasteiger partial charge >= 0.3 is 11.9 Å². The summed E-state index contributed by atoms with van der Waals surface area (Å²) in [6.45, 7) is 2.06. The summed E-state index contributed by atoms with van der Waals surface area (Å²) in [6.07, 6.45) is 0. The van der Waals surface area contributed by atoms with Crippen LogP contribution in [0.3, 0.4) is 0 Å². The average Bonchev–Trinajstić information content (AvgIpc) is 2.50. The van der Waals surface area contributed by atoms with Crippen LogP contribution in [-0.4, -0.2) is 23.7 Å². The molecular formula is C16H14ClNO4. The standard InChI is InChI=1S/C16H14ClNO4/c1-2-22-16(21)10-3-6-12(7-4-10)18-14-9-11(15(19)20)5-8-13(14)17/h3-9,18H,2H2,1H3,(H,19,20). The van der Waals surface area contributed by atoms with Crippen LogP contribution in [-0.2, 0) is 4.74 Å². The molecule has 0 aliphatic rings. The number of nitrogens with one attached hydrogen (secondary N) is 1. The second kappa shape index (κ2) is 6.95. The zero-order chi connectivity index (χ0) is 16.1. The van der Waals surface area contributed by atoms with Gasteiger partial charge in [-0.2, -0.15) is 0 Å². The molecule has 0 aliphatic carbocycles. The zero-order valence-corrected chi connectivity index (χ0v) is 12.6. The number of benzene rings is 2. The van der Waals surface area contributed by atoms with E-state index in [2.05, 4.69) is 5.32 Å². The highest BCUT2D eigenvalue weighted by molar-refractivity contribution is 6.33. The minimum absolute atomic E-state index is 0.134. The maximum absolute atomic E-state index is 11.6. The number of halogens is 1. The van der Waals surface area contributed by atoms with Gasteiger partial charge in [0.05, 0.1) is 28.4 Å². The smallest absolute Gasteiger partial charge is 0.338 e. The van der Waals surface area contributed by atoms with Gasteiger partial charge in [-0.05, 0) is 49.4 Å². The van der Waals surface area contributed by atoms with Crippen LogP contribution in [0.15, 0.2) is 42.5 Å². The Morgan fingerprint density at radius 1 is 1.14 bits per heavy atom. The van der Waals surface area contributed by atoms with Crippen LogP contribution in [0.25, 0.3) is 0 Å². The molecule has 2 rings (SSSR count). The third-order valence-electron chi connectivity index (χ3n) is 2.89. The molecule has 0 saturated carbocycles. The third kappa shape index (κ3) is 3.77. The summed E-state index contributed by atoms with van der Waals surface area (Å²) in [5, 5.41) is 12.4. The molecule has 0 saturated heterocycles. The van der Waals surface area contributed by atoms with Gasteiger partial charge in [0, 0.05) is 5.69 Å². The molecule has 0 aromatic heterocycles. The van der Waals surface area contributed by atoms with Gasteiger partial charge < -0.3 is 15.2 Å². The number of esters is 1. The molecule has 0 aliphatic heterocycles. The number of aromatic carboxylic acids is 1. The van der Waals surface area contributed by atoms with Crippen LogP contribution < -0.4 is 5.32 Å². The lowest BCUT2D eigenvalue weighted by atomic mass is 10.1. The van der Waals surface area contributed by atoms with Crippen LogP contribution in [0, 0.1) is 0 Å². The first-order chi connectivity index (χ1) is 10.5. The number of carbonyl (C=O) groups is 2. The number of ether oxygens (including phenoxy) is 1. The molecule has 22 heavy (non-hydrogen) atoms. The number of hydrogen-bond donors (Lipinski definition) is 2. The zero-order valence-electron chi connectivity index (χ0n) is 11.8. The van der Waals surface area contributed by atoms with Crippen LogP contribution >= 0.6 is 11.6 Å². The van der Waals surface area contributed by atoms with E-state index in [1.54, 1.807) is 31.2 Å². The number of carboxylic acids is 1. The molecular weight excluding hydrogens is 306 g/mol. The van der Waals surface area contributed by atoms with Crippen LogP contribution in [0.2, 0.25) is 5.02 Å². The van der Waals surface area contributed by atoms with E-state index >= 15 is 0 Å². The summed E-state index contributed by atoms with van der Waals surface area (Å²) in [7, 11) is 0. The molecule has 2 aromatic rings. The Hall–Kier alpha value is -2.53. The van der Waals surface area contributed by atoms with Crippen molar-refractivity contribution in [3.8, 4) is 0 Å². The summed E-state index contributed by atoms with van der Waals surface area (Å²) in [6, 6.07) is 11.0. The lowest BCUT2D eigenvalue weighted by Crippen LogP contribution is -2.04. The molecule has 0 bridgehead atoms. The molecule has 0 heterocycles. The van der Waals surface area contributed by atoms with E-state index in [-0.39, 0.29) is 11.5 Å². The average molecular weight is 320 g/mol. The van der Waals surface area contributed by atoms with Gasteiger partial charge in [-0.3, -0.25) is 0 Å². The normalized spacial score (nSPS) is 10.1. The fourth-order valence-corrected chi connectivity index (χ4v) is 1.98. The largest absolute Gasteiger partial charge is 0.478 e. The Morgan fingerprint density at radius 3 is 2.36 bits per heavy atom. The number of hydrogen-bond acceptors (Lipinski definition) is 4. The van der Waals surface area contributed by atoms with Gasteiger partial charge in [0.25, 0.3) is 0 Å². The Bertz CT molecular complexity index is 698. The van der Waals surface area contributed by atoms with E-state index in [1.807, 2.05) is 0 Å². The molecule has 0 spiro atoms. The summed E-state index contributed by atoms with van der Waals surface area (Å²) in [5.74, 6) is -1.42. The van der Waals surface area contributed by atoms with E-state index in [0.29, 0.717) is 28.6 Å². The highest BCUT2D eigenvalue weighted by Crippen LogP contribution is 2.27. The van der Waals surface area contributed by atoms with E-state index in [0.717, 1.165) is 0 Å². The van der Waals surface area contributed by atoms with Crippen molar-refractivity contribution in [3.05, 3.63) is 58.6 Å². The summed E-state index contributed by atoms with van der Waals surface area (Å²) in [5.41, 5.74) is 1.73. The van der Waals surface area contributed by atoms with E-state index in [4.69, 9.17) is 21.4 Å². The predicted octanol–water partition coefficient (Wildman–Crippen LogP) is 3.96. The van der Waals surface area contributed by atoms with Gasteiger partial charge in [-0.25, -0.2) is 9.59 Å². The highest BCUT2D eigenvalue weighted by atomic mass is 35.5. The van der Waals surface area contributed by atoms with Crippen molar-refractivity contribution in [2.45, 2.75) is 6.92 Å². The summed E-state index contributed by atoms with van der Waals surface area (Å²) in [4.78, 5) is 22.5. The molecule has 2 aromatic carbocycles. The van der Waals surface area contributed by atoms with Crippen molar-refractivity contribution < 1.29 is 19.4 Å². The first-order valence-electron chi connectivity index (χ1n) is 6.58. The number of rotatable bonds is 5. The molecule has 0 unspecified atom stereocenters. The summed E-state index contributed by atoms with van der Waals surface area (Å²) < 4.78 is 4.90. The van der Waals surface area contributed by atoms with Crippen molar-refractivity contribution in [3.63, 3.8) is 0 Å². The quantitative estimate of drug-likeness (QED) is 0.816. The van der Waals surface area contributed by atoms with Crippen molar-refractivity contribution in [2.75, 3.05) is 11.9 Å². The second-order valence-electron chi connectivity index (χ2n) is 4.42. The molecule has 0 fully saturated rings. The van der Waals surface area contributed by atoms with E-state index in [1.165, 1.54) is 18.2 Å². The molecule has 2 N–H and O–H groups in total. The Kier molecular flexibility index (Phi) is 5.01. The minimum Gasteiger partial charge on any atom is -0.478 e. The highest BCUT2D eigenvalue weighted by Gasteiger charge is 2.09. The molecule has 114 valence electrons. The molecule has 0 amide bonds. The first kappa shape index (κ1) is 15.9. The van der Waals surface area contributed by atoms with Gasteiger partial charge in [0.2, 0.25) is 0 Å². The molecule has 0 radical (unpaired) electrons. The van der Waals surface area contributed by atoms with Crippen LogP contribution in [0.1, 0.15) is 27.6 Å². The van der Waals surface area contributed by atoms with Crippen LogP contribution in [0.5, 0.6) is 0 Å². The number of carbonyl (C=O) groups excluding carboxylic acids is 1. The Labute approximate surface area is 132 Å². The van der Waals surface area contributed by atoms with Gasteiger partial charge in [-0.15, -0.1) is 0 Å². The fourth-order valence-electron chi connectivity index (χ4n) is 1.81. The van der Waals surface area contributed by atoms with Gasteiger partial charge in [0.1, 0.15) is 0 Å². The Morgan fingerprint density at radius 2 is 1.77 bits per heavy atom. The molecule has 6 heteroatoms. The van der Waals surface area contributed by atoms with E-state index in [9.17, 15) is 9.59 Å². The van der Waals surface area contributed by atoms with Crippen molar-refractivity contribution in [2.24, 2.45) is 0 Å². The van der Waals surface area contributed by atoms with Crippen molar-refractivity contribution in [1.29, 1.82) is 0 Å². The number of carboxylic acid groups (broad SMARTS) is 1. The van der Waals surface area contributed by atoms with Crippen molar-refractivity contribution in [1.82, 2.24) is 0 Å². The van der Waals surface area contributed by atoms with Gasteiger partial charge in [0.15, 0.2) is 0 Å². The second-order valence-corrected chi connectivity index (χ2v) is 4.83. The summed E-state index contributed by atoms with van der Waals surface area (Å²) >= 11 is 6.04. The fraction of sp³-hybridized carbons (Fsp3) is 0.125. The lowest BCUT2D eigenvalue weighted by Gasteiger charge is -2.10. The maximum Gasteiger partial charge on any atom is 0.338 e. The maximum atomic E-state index is 11.6. The van der Waals surface area contributed by atoms with Crippen LogP contribution in [0.4, 0.5) is 11.4 Å². The number of anilines is 2. The Balaban J connectivity index is 2.19. The lowest BCUT2D eigenvalue weighted by molar-refractivity contribution is 0.0526. The topological polar surface area (TPSA) is 75.6 Å². The predicted molar refractivity (Wildman–Crippen MR) is 84.1 cm³/mol.